The molecule has 0 spiro atoms. The summed E-state index contributed by atoms with van der Waals surface area (Å²) in [5.41, 5.74) is -1.96. The normalized spacial score (nSPS) is 19.5. The standard InChI is InChI=1S/C27H30F2N2O6/c1-5-36-25(34)18-14-31(15-9-10-15)23-16(22(29)19(28)13-17(23)24(18)33)7-6-8-20-21(32)11-12-30(20)26(35)37-27(2,3)4/h13-15,20-21,32H,5,8-12H2,1-4H3/t20-,21-/m1/s1. The number of rotatable bonds is 4. The average molecular weight is 517 g/mol. The molecule has 1 aliphatic heterocycles. The molecule has 2 fully saturated rings. The number of nitrogens with zero attached hydrogens (tertiary/aromatic N) is 2. The highest BCUT2D eigenvalue weighted by atomic mass is 19.2. The molecule has 8 nitrogen and oxygen atoms in total. The van der Waals surface area contributed by atoms with Crippen LogP contribution in [0.15, 0.2) is 17.1 Å². The minimum Gasteiger partial charge on any atom is -0.462 e. The smallest absolute Gasteiger partial charge is 0.410 e. The van der Waals surface area contributed by atoms with E-state index < -0.39 is 46.9 Å². The largest absolute Gasteiger partial charge is 0.462 e. The number of esters is 1. The number of hydrogen-bond acceptors (Lipinski definition) is 6. The van der Waals surface area contributed by atoms with Gasteiger partial charge in [-0.2, -0.15) is 0 Å². The van der Waals surface area contributed by atoms with E-state index in [9.17, 15) is 23.9 Å². The van der Waals surface area contributed by atoms with Gasteiger partial charge in [-0.3, -0.25) is 4.79 Å². The lowest BCUT2D eigenvalue weighted by Gasteiger charge is -2.28. The highest BCUT2D eigenvalue weighted by Crippen LogP contribution is 2.38. The van der Waals surface area contributed by atoms with Crippen molar-refractivity contribution in [3.05, 3.63) is 45.2 Å². The lowest BCUT2D eigenvalue weighted by molar-refractivity contribution is 0.0161. The first-order valence-corrected chi connectivity index (χ1v) is 12.3. The monoisotopic (exact) mass is 516 g/mol. The number of carbonyl (C=O) groups excluding carboxylic acids is 2. The molecule has 1 saturated carbocycles. The highest BCUT2D eigenvalue weighted by Gasteiger charge is 2.37. The van der Waals surface area contributed by atoms with Crippen molar-refractivity contribution < 1.29 is 33.0 Å². The highest BCUT2D eigenvalue weighted by molar-refractivity contribution is 5.95. The molecule has 4 rings (SSSR count). The van der Waals surface area contributed by atoms with Gasteiger partial charge in [0.25, 0.3) is 0 Å². The van der Waals surface area contributed by atoms with Gasteiger partial charge in [-0.05, 0) is 53.0 Å². The fourth-order valence-electron chi connectivity index (χ4n) is 4.45. The first-order chi connectivity index (χ1) is 17.4. The van der Waals surface area contributed by atoms with Gasteiger partial charge < -0.3 is 24.0 Å². The Morgan fingerprint density at radius 1 is 1.22 bits per heavy atom. The van der Waals surface area contributed by atoms with Crippen molar-refractivity contribution in [3.8, 4) is 11.8 Å². The molecule has 2 aromatic rings. The third kappa shape index (κ3) is 5.47. The molecule has 0 unspecified atom stereocenters. The molecule has 1 aromatic heterocycles. The van der Waals surface area contributed by atoms with Gasteiger partial charge in [0.05, 0.1) is 35.2 Å². The number of aliphatic hydroxyl groups is 1. The number of benzene rings is 1. The molecule has 1 N–H and O–H groups in total. The van der Waals surface area contributed by atoms with E-state index in [1.807, 2.05) is 0 Å². The van der Waals surface area contributed by atoms with Crippen LogP contribution in [0.25, 0.3) is 10.9 Å². The van der Waals surface area contributed by atoms with Crippen LogP contribution in [0.2, 0.25) is 0 Å². The Bertz CT molecular complexity index is 1360. The van der Waals surface area contributed by atoms with E-state index in [0.29, 0.717) is 6.42 Å². The second-order valence-corrected chi connectivity index (χ2v) is 10.3. The minimum atomic E-state index is -1.27. The molecular formula is C27H30F2N2O6. The van der Waals surface area contributed by atoms with Crippen LogP contribution in [0.1, 0.15) is 75.3 Å². The summed E-state index contributed by atoms with van der Waals surface area (Å²) in [6, 6.07) is -0.00244. The summed E-state index contributed by atoms with van der Waals surface area (Å²) in [4.78, 5) is 39.4. The molecule has 2 atom stereocenters. The first kappa shape index (κ1) is 26.6. The van der Waals surface area contributed by atoms with Crippen molar-refractivity contribution >= 4 is 23.0 Å². The van der Waals surface area contributed by atoms with Gasteiger partial charge in [0.15, 0.2) is 11.6 Å². The van der Waals surface area contributed by atoms with Crippen molar-refractivity contribution in [1.82, 2.24) is 9.47 Å². The molecule has 1 aliphatic carbocycles. The molecule has 1 amide bonds. The van der Waals surface area contributed by atoms with E-state index in [4.69, 9.17) is 9.47 Å². The van der Waals surface area contributed by atoms with Crippen LogP contribution in [-0.4, -0.2) is 57.5 Å². The molecule has 1 saturated heterocycles. The van der Waals surface area contributed by atoms with Gasteiger partial charge in [-0.15, -0.1) is 0 Å². The lowest BCUT2D eigenvalue weighted by atomic mass is 10.0. The first-order valence-electron chi connectivity index (χ1n) is 12.3. The fraction of sp³-hybridized carbons (Fsp3) is 0.519. The second kappa shape index (κ2) is 10.1. The Hall–Kier alpha value is -3.45. The van der Waals surface area contributed by atoms with E-state index >= 15 is 4.39 Å². The van der Waals surface area contributed by atoms with E-state index in [-0.39, 0.29) is 47.6 Å². The van der Waals surface area contributed by atoms with Crippen LogP contribution < -0.4 is 5.43 Å². The maximum Gasteiger partial charge on any atom is 0.410 e. The molecule has 0 bridgehead atoms. The Morgan fingerprint density at radius 2 is 1.92 bits per heavy atom. The summed E-state index contributed by atoms with van der Waals surface area (Å²) < 4.78 is 41.6. The Labute approximate surface area is 213 Å². The quantitative estimate of drug-likeness (QED) is 0.489. The number of pyridine rings is 1. The lowest BCUT2D eigenvalue weighted by Crippen LogP contribution is -2.42. The van der Waals surface area contributed by atoms with Crippen molar-refractivity contribution in [3.63, 3.8) is 0 Å². The predicted molar refractivity (Wildman–Crippen MR) is 131 cm³/mol. The third-order valence-electron chi connectivity index (χ3n) is 6.31. The molecule has 2 aliphatic rings. The van der Waals surface area contributed by atoms with Crippen LogP contribution in [0, 0.1) is 23.5 Å². The van der Waals surface area contributed by atoms with E-state index in [0.717, 1.165) is 18.9 Å². The zero-order valence-corrected chi connectivity index (χ0v) is 21.3. The number of aliphatic hydroxyl groups excluding tert-OH is 1. The van der Waals surface area contributed by atoms with Gasteiger partial charge in [0.1, 0.15) is 11.2 Å². The van der Waals surface area contributed by atoms with Crippen molar-refractivity contribution in [2.75, 3.05) is 13.2 Å². The summed E-state index contributed by atoms with van der Waals surface area (Å²) in [5, 5.41) is 10.3. The fourth-order valence-corrected chi connectivity index (χ4v) is 4.45. The number of halogens is 2. The van der Waals surface area contributed by atoms with Gasteiger partial charge in [0, 0.05) is 25.2 Å². The zero-order valence-electron chi connectivity index (χ0n) is 21.3. The van der Waals surface area contributed by atoms with Crippen LogP contribution in [0.3, 0.4) is 0 Å². The van der Waals surface area contributed by atoms with Gasteiger partial charge >= 0.3 is 12.1 Å². The third-order valence-corrected chi connectivity index (χ3v) is 6.31. The summed E-state index contributed by atoms with van der Waals surface area (Å²) in [7, 11) is 0. The Kier molecular flexibility index (Phi) is 7.29. The maximum absolute atomic E-state index is 15.1. The number of fused-ring (bicyclic) bond motifs is 1. The van der Waals surface area contributed by atoms with Gasteiger partial charge in [-0.25, -0.2) is 18.4 Å². The van der Waals surface area contributed by atoms with Crippen LogP contribution in [0.4, 0.5) is 13.6 Å². The molecule has 2 heterocycles. The second-order valence-electron chi connectivity index (χ2n) is 10.3. The number of likely N-dealkylation sites (tertiary alicyclic amines) is 1. The molecule has 1 aromatic carbocycles. The zero-order chi connectivity index (χ0) is 27.1. The summed E-state index contributed by atoms with van der Waals surface area (Å²) in [5.74, 6) is 2.10. The van der Waals surface area contributed by atoms with Gasteiger partial charge in [-0.1, -0.05) is 11.8 Å². The van der Waals surface area contributed by atoms with E-state index in [1.54, 1.807) is 32.3 Å². The van der Waals surface area contributed by atoms with Crippen LogP contribution >= 0.6 is 0 Å². The molecule has 0 radical (unpaired) electrons. The number of hydrogen-bond donors (Lipinski definition) is 1. The number of aromatic nitrogens is 1. The number of amides is 1. The maximum atomic E-state index is 15.1. The molecule has 198 valence electrons. The summed E-state index contributed by atoms with van der Waals surface area (Å²) in [6.45, 7) is 7.13. The molecule has 37 heavy (non-hydrogen) atoms. The Morgan fingerprint density at radius 3 is 2.54 bits per heavy atom. The number of ether oxygens (including phenoxy) is 2. The topological polar surface area (TPSA) is 98.1 Å². The molecular weight excluding hydrogens is 486 g/mol. The van der Waals surface area contributed by atoms with Gasteiger partial charge in [0.2, 0.25) is 5.43 Å². The molecule has 10 heteroatoms. The summed E-state index contributed by atoms with van der Waals surface area (Å²) in [6.07, 6.45) is 1.68. The SMILES string of the molecule is CCOC(=O)c1cn(C2CC2)c2c(C#CC[C@@H]3[C@H](O)CCN3C(=O)OC(C)(C)C)c(F)c(F)cc2c1=O. The summed E-state index contributed by atoms with van der Waals surface area (Å²) >= 11 is 0. The minimum absolute atomic E-state index is 0.0214. The van der Waals surface area contributed by atoms with Crippen molar-refractivity contribution in [2.24, 2.45) is 0 Å². The Balaban J connectivity index is 1.75. The predicted octanol–water partition coefficient (Wildman–Crippen LogP) is 3.90. The number of carbonyl (C=O) groups is 2. The average Bonchev–Trinajstić information content (AvgIpc) is 3.59. The van der Waals surface area contributed by atoms with Crippen LogP contribution in [0.5, 0.6) is 0 Å². The van der Waals surface area contributed by atoms with Crippen molar-refractivity contribution in [2.45, 2.75) is 77.2 Å². The van der Waals surface area contributed by atoms with E-state index in [1.165, 1.54) is 11.1 Å². The van der Waals surface area contributed by atoms with Crippen molar-refractivity contribution in [1.29, 1.82) is 0 Å². The van der Waals surface area contributed by atoms with E-state index in [2.05, 4.69) is 11.8 Å². The van der Waals surface area contributed by atoms with Crippen LogP contribution in [-0.2, 0) is 9.47 Å².